The Labute approximate surface area is 251 Å². The molecule has 2 aliphatic carbocycles. The summed E-state index contributed by atoms with van der Waals surface area (Å²) in [5.74, 6) is 0. The summed E-state index contributed by atoms with van der Waals surface area (Å²) in [4.78, 5) is 0. The van der Waals surface area contributed by atoms with Crippen molar-refractivity contribution in [3.05, 3.63) is 39.5 Å². The summed E-state index contributed by atoms with van der Waals surface area (Å²) in [6.45, 7) is 31.8. The zero-order valence-corrected chi connectivity index (χ0v) is 33.9. The molecule has 1 aliphatic heterocycles. The molecule has 36 heavy (non-hydrogen) atoms. The molecule has 3 aliphatic rings. The van der Waals surface area contributed by atoms with Crippen LogP contribution in [0.1, 0.15) is 12.8 Å². The topological polar surface area (TPSA) is 18.5 Å². The Morgan fingerprint density at radius 3 is 1.31 bits per heavy atom. The summed E-state index contributed by atoms with van der Waals surface area (Å²) in [6, 6.07) is 2.55. The number of allylic oxidation sites excluding steroid dienone is 8. The Morgan fingerprint density at radius 1 is 0.667 bits per heavy atom. The summed E-state index contributed by atoms with van der Waals surface area (Å²) < 4.78 is 16.6. The van der Waals surface area contributed by atoms with Gasteiger partial charge in [0.15, 0.2) is 0 Å². The van der Waals surface area contributed by atoms with Crippen LogP contribution in [0.4, 0.5) is 0 Å². The van der Waals surface area contributed by atoms with Crippen LogP contribution in [-0.2, 0) is 32.1 Å². The monoisotopic (exact) mass is 694 g/mol. The molecular weight excluding hydrogens is 647 g/mol. The zero-order chi connectivity index (χ0) is 25.7. The molecule has 0 bridgehead atoms. The van der Waals surface area contributed by atoms with Crippen LogP contribution in [0.2, 0.25) is 90.7 Å². The second kappa shape index (κ2) is 12.5. The molecule has 3 rings (SSSR count). The maximum absolute atomic E-state index is 6.34. The summed E-state index contributed by atoms with van der Waals surface area (Å²) in [7, 11) is -7.57. The van der Waals surface area contributed by atoms with Gasteiger partial charge in [-0.2, -0.15) is 0 Å². The van der Waals surface area contributed by atoms with Crippen LogP contribution in [0.25, 0.3) is 0 Å². The van der Waals surface area contributed by atoms with Crippen molar-refractivity contribution in [1.82, 2.24) is 0 Å². The van der Waals surface area contributed by atoms with Crippen molar-refractivity contribution in [2.45, 2.75) is 103 Å². The van der Waals surface area contributed by atoms with Crippen molar-refractivity contribution in [2.24, 2.45) is 0 Å². The second-order valence-electron chi connectivity index (χ2n) is 14.3. The molecule has 0 saturated heterocycles. The molecule has 0 aromatic carbocycles. The fraction of sp³-hybridized carbons (Fsp3) is 0.692. The maximum Gasteiger partial charge on any atom is -1.00 e. The summed E-state index contributed by atoms with van der Waals surface area (Å²) in [6.07, 6.45) is 7.99. The van der Waals surface area contributed by atoms with E-state index in [0.29, 0.717) is 0 Å². The maximum atomic E-state index is 6.34. The van der Waals surface area contributed by atoms with Crippen LogP contribution in [0.3, 0.4) is 0 Å². The van der Waals surface area contributed by atoms with Crippen LogP contribution in [0.15, 0.2) is 39.5 Å². The Bertz CT molecular complexity index is 880. The van der Waals surface area contributed by atoms with E-state index in [1.165, 1.54) is 24.9 Å². The van der Waals surface area contributed by atoms with Crippen molar-refractivity contribution in [3.63, 3.8) is 0 Å². The molecule has 0 radical (unpaired) electrons. The molecule has 2 nitrogen and oxygen atoms in total. The number of hydrogen-bond acceptors (Lipinski definition) is 2. The summed E-state index contributed by atoms with van der Waals surface area (Å²) >= 11 is -0.621. The van der Waals surface area contributed by atoms with E-state index in [9.17, 15) is 0 Å². The molecule has 0 amide bonds. The molecule has 0 spiro atoms. The molecule has 0 fully saturated rings. The van der Waals surface area contributed by atoms with Crippen LogP contribution in [-0.4, -0.2) is 54.1 Å². The Morgan fingerprint density at radius 2 is 1.00 bits per heavy atom. The molecule has 10 heteroatoms. The van der Waals surface area contributed by atoms with Gasteiger partial charge < -0.3 is 24.8 Å². The first-order valence-corrected chi connectivity index (χ1v) is 32.0. The molecule has 204 valence electrons. The van der Waals surface area contributed by atoms with E-state index in [0.717, 1.165) is 13.2 Å². The van der Waals surface area contributed by atoms with Crippen molar-refractivity contribution in [2.75, 3.05) is 13.2 Å². The molecule has 0 atom stereocenters. The van der Waals surface area contributed by atoms with Crippen LogP contribution >= 0.6 is 0 Å². The molecule has 0 aromatic heterocycles. The molecule has 1 heterocycles. The van der Waals surface area contributed by atoms with Crippen molar-refractivity contribution in [1.29, 1.82) is 0 Å². The summed E-state index contributed by atoms with van der Waals surface area (Å²) in [5.41, 5.74) is 0. The van der Waals surface area contributed by atoms with Gasteiger partial charge in [0, 0.05) is 0 Å². The molecule has 0 saturated carbocycles. The van der Waals surface area contributed by atoms with E-state index >= 15 is 0 Å². The fourth-order valence-corrected chi connectivity index (χ4v) is 28.9. The van der Waals surface area contributed by atoms with Crippen molar-refractivity contribution < 1.29 is 56.9 Å². The SMILES string of the molecule is C[Si](C)(C)OCC[Si](C)(C)C1=CC[C]2=C1[Si](C)(C)C1=[C](CC=C1[Si](C)(C)CCO[Si](C)(C)C)[Zr+2]2.[Cl-].[Cl-]. The van der Waals surface area contributed by atoms with Gasteiger partial charge in [0.1, 0.15) is 0 Å². The first-order chi connectivity index (χ1) is 15.4. The van der Waals surface area contributed by atoms with E-state index in [2.05, 4.69) is 90.7 Å². The van der Waals surface area contributed by atoms with Gasteiger partial charge in [0.25, 0.3) is 0 Å². The molecular formula is C26H50Cl2O2Si5Zr. The predicted molar refractivity (Wildman–Crippen MR) is 160 cm³/mol. The number of halogens is 2. The minimum Gasteiger partial charge on any atom is -1.00 e. The van der Waals surface area contributed by atoms with E-state index in [1.807, 2.05) is 27.3 Å². The van der Waals surface area contributed by atoms with Crippen LogP contribution < -0.4 is 24.8 Å². The van der Waals surface area contributed by atoms with E-state index in [-0.39, 0.29) is 24.8 Å². The van der Waals surface area contributed by atoms with Gasteiger partial charge in [-0.3, -0.25) is 0 Å². The average Bonchev–Trinajstić information content (AvgIpc) is 3.25. The van der Waals surface area contributed by atoms with E-state index in [1.54, 1.807) is 0 Å². The zero-order valence-electron chi connectivity index (χ0n) is 25.0. The molecule has 0 unspecified atom stereocenters. The largest absolute Gasteiger partial charge is 1.00 e. The normalized spacial score (nSPS) is 19.4. The predicted octanol–water partition coefficient (Wildman–Crippen LogP) is 2.24. The van der Waals surface area contributed by atoms with Gasteiger partial charge in [-0.15, -0.1) is 0 Å². The standard InChI is InChI=1S/C26H50O2Si5.2ClH.Zr/c1-29(2,3)27-19-21-31(7,8)23-15-13-17-25(23)33(11,12)26-18-14-16-24(26)32(9,10)22-20-28-30(4,5)6;;;/h15-16H,13-14,19-22H2,1-12H3;2*1H;/q;;;+2/p-2. The van der Waals surface area contributed by atoms with Gasteiger partial charge in [0.2, 0.25) is 0 Å². The minimum atomic E-state index is -1.68. The van der Waals surface area contributed by atoms with E-state index < -0.39 is 64.1 Å². The number of hydrogen-bond donors (Lipinski definition) is 0. The Kier molecular flexibility index (Phi) is 12.3. The van der Waals surface area contributed by atoms with Gasteiger partial charge in [-0.1, -0.05) is 0 Å². The van der Waals surface area contributed by atoms with Crippen LogP contribution in [0, 0.1) is 0 Å². The Hall–Kier alpha value is 1.43. The smallest absolute Gasteiger partial charge is 1.00 e. The van der Waals surface area contributed by atoms with Gasteiger partial charge in [-0.05, 0) is 0 Å². The fourth-order valence-electron chi connectivity index (χ4n) is 5.83. The quantitative estimate of drug-likeness (QED) is 0.327. The molecule has 0 N–H and O–H groups in total. The second-order valence-corrected chi connectivity index (χ2v) is 40.8. The summed E-state index contributed by atoms with van der Waals surface area (Å²) in [5, 5.41) is 7.58. The van der Waals surface area contributed by atoms with Gasteiger partial charge in [0.05, 0.1) is 0 Å². The third kappa shape index (κ3) is 8.23. The van der Waals surface area contributed by atoms with Gasteiger partial charge >= 0.3 is 229 Å². The number of rotatable bonds is 10. The minimum absolute atomic E-state index is 0. The molecule has 0 aromatic rings. The third-order valence-corrected chi connectivity index (χ3v) is 25.7. The van der Waals surface area contributed by atoms with Crippen molar-refractivity contribution >= 4 is 40.9 Å². The third-order valence-electron chi connectivity index (χ3n) is 7.70. The first kappa shape index (κ1) is 35.5. The van der Waals surface area contributed by atoms with Crippen LogP contribution in [0.5, 0.6) is 0 Å². The Balaban J connectivity index is 0.00000324. The van der Waals surface area contributed by atoms with Crippen molar-refractivity contribution in [3.8, 4) is 0 Å². The average molecular weight is 697 g/mol. The van der Waals surface area contributed by atoms with E-state index in [4.69, 9.17) is 8.85 Å². The van der Waals surface area contributed by atoms with Gasteiger partial charge in [-0.25, -0.2) is 0 Å². The first-order valence-electron chi connectivity index (χ1n) is 13.3.